The fraction of sp³-hybridized carbons (Fsp3) is 0. The molecular formula is C44H23F2N5. The summed E-state index contributed by atoms with van der Waals surface area (Å²) in [6.07, 6.45) is 0. The Labute approximate surface area is 289 Å². The van der Waals surface area contributed by atoms with Gasteiger partial charge in [-0.2, -0.15) is 10.5 Å². The molecule has 0 unspecified atom stereocenters. The molecule has 51 heavy (non-hydrogen) atoms. The minimum absolute atomic E-state index is 0.253. The highest BCUT2D eigenvalue weighted by molar-refractivity contribution is 6.24. The molecule has 10 rings (SSSR count). The first-order chi connectivity index (χ1) is 25.1. The van der Waals surface area contributed by atoms with Crippen LogP contribution in [0.3, 0.4) is 0 Å². The number of fused-ring (bicyclic) bond motifs is 10. The lowest BCUT2D eigenvalue weighted by molar-refractivity contribution is 0.628. The van der Waals surface area contributed by atoms with Gasteiger partial charge in [0, 0.05) is 38.0 Å². The summed E-state index contributed by atoms with van der Waals surface area (Å²) >= 11 is 0. The maximum absolute atomic E-state index is 14.7. The lowest BCUT2D eigenvalue weighted by Crippen LogP contribution is -2.07. The van der Waals surface area contributed by atoms with Gasteiger partial charge in [-0.15, -0.1) is 0 Å². The van der Waals surface area contributed by atoms with Gasteiger partial charge >= 0.3 is 0 Å². The van der Waals surface area contributed by atoms with Crippen LogP contribution in [0.2, 0.25) is 0 Å². The third-order valence-corrected chi connectivity index (χ3v) is 10.0. The normalized spacial score (nSPS) is 11.7. The molecule has 0 saturated carbocycles. The number of benzene rings is 7. The summed E-state index contributed by atoms with van der Waals surface area (Å²) in [6.45, 7) is 0. The summed E-state index contributed by atoms with van der Waals surface area (Å²) in [4.78, 5) is 0. The van der Waals surface area contributed by atoms with E-state index in [1.165, 1.54) is 24.3 Å². The molecule has 3 heterocycles. The van der Waals surface area contributed by atoms with E-state index in [0.717, 1.165) is 49.3 Å². The zero-order valence-corrected chi connectivity index (χ0v) is 26.8. The van der Waals surface area contributed by atoms with E-state index in [4.69, 9.17) is 0 Å². The molecule has 10 aromatic rings. The maximum atomic E-state index is 14.7. The molecule has 0 N–H and O–H groups in total. The Balaban J connectivity index is 1.42. The largest absolute Gasteiger partial charge is 0.307 e. The molecule has 0 aliphatic heterocycles. The van der Waals surface area contributed by atoms with Crippen LogP contribution in [0.25, 0.3) is 82.5 Å². The third-order valence-electron chi connectivity index (χ3n) is 10.0. The number of aromatic nitrogens is 3. The Morgan fingerprint density at radius 1 is 0.431 bits per heavy atom. The molecule has 0 amide bonds. The molecule has 5 nitrogen and oxygen atoms in total. The number of halogens is 2. The highest BCUT2D eigenvalue weighted by Crippen LogP contribution is 2.43. The lowest BCUT2D eigenvalue weighted by atomic mass is 10.0. The zero-order chi connectivity index (χ0) is 34.4. The van der Waals surface area contributed by atoms with Crippen molar-refractivity contribution in [2.24, 2.45) is 0 Å². The SMILES string of the molecule is N#Cc1ccc(-n2c3ccccc3c3ccc4c5ccccc5n(-c5ccccc5)c4c32)c(C#N)c1-n1c2ccc(F)cc2c2cc(F)ccc21. The summed E-state index contributed by atoms with van der Waals surface area (Å²) < 4.78 is 35.5. The molecule has 0 spiro atoms. The molecule has 0 radical (unpaired) electrons. The Hall–Kier alpha value is -7.22. The van der Waals surface area contributed by atoms with Crippen molar-refractivity contribution in [2.45, 2.75) is 0 Å². The highest BCUT2D eigenvalue weighted by atomic mass is 19.1. The molecule has 0 bridgehead atoms. The summed E-state index contributed by atoms with van der Waals surface area (Å²) in [6, 6.07) is 47.9. The molecule has 0 aliphatic rings. The first kappa shape index (κ1) is 28.8. The number of nitriles is 2. The van der Waals surface area contributed by atoms with Crippen molar-refractivity contribution >= 4 is 65.4 Å². The molecule has 0 atom stereocenters. The van der Waals surface area contributed by atoms with Crippen LogP contribution < -0.4 is 0 Å². The van der Waals surface area contributed by atoms with Gasteiger partial charge in [-0.25, -0.2) is 8.78 Å². The van der Waals surface area contributed by atoms with Crippen LogP contribution in [-0.2, 0) is 0 Å². The van der Waals surface area contributed by atoms with Gasteiger partial charge in [0.25, 0.3) is 0 Å². The average molecular weight is 660 g/mol. The minimum atomic E-state index is -0.469. The Kier molecular flexibility index (Phi) is 6.00. The number of hydrogen-bond donors (Lipinski definition) is 0. The number of para-hydroxylation sites is 3. The van der Waals surface area contributed by atoms with Gasteiger partial charge in [-0.05, 0) is 72.8 Å². The van der Waals surface area contributed by atoms with Crippen molar-refractivity contribution in [1.29, 1.82) is 10.5 Å². The van der Waals surface area contributed by atoms with Crippen molar-refractivity contribution in [3.05, 3.63) is 162 Å². The Bertz CT molecular complexity index is 3130. The van der Waals surface area contributed by atoms with Crippen LogP contribution in [0, 0.1) is 34.3 Å². The van der Waals surface area contributed by atoms with E-state index in [1.54, 1.807) is 22.8 Å². The van der Waals surface area contributed by atoms with Crippen molar-refractivity contribution in [1.82, 2.24) is 13.7 Å². The minimum Gasteiger partial charge on any atom is -0.307 e. The van der Waals surface area contributed by atoms with Gasteiger partial charge in [0.15, 0.2) is 0 Å². The first-order valence-electron chi connectivity index (χ1n) is 16.5. The molecule has 7 heteroatoms. The van der Waals surface area contributed by atoms with E-state index in [1.807, 2.05) is 54.6 Å². The van der Waals surface area contributed by atoms with Gasteiger partial charge < -0.3 is 13.7 Å². The van der Waals surface area contributed by atoms with E-state index >= 15 is 0 Å². The molecule has 3 aromatic heterocycles. The van der Waals surface area contributed by atoms with E-state index < -0.39 is 11.6 Å². The second-order valence-electron chi connectivity index (χ2n) is 12.6. The average Bonchev–Trinajstić information content (AvgIpc) is 3.79. The van der Waals surface area contributed by atoms with Gasteiger partial charge in [-0.1, -0.05) is 66.7 Å². The molecule has 0 saturated heterocycles. The summed E-state index contributed by atoms with van der Waals surface area (Å²) in [7, 11) is 0. The highest BCUT2D eigenvalue weighted by Gasteiger charge is 2.26. The van der Waals surface area contributed by atoms with E-state index in [-0.39, 0.29) is 11.1 Å². The first-order valence-corrected chi connectivity index (χ1v) is 16.5. The maximum Gasteiger partial charge on any atom is 0.123 e. The quantitative estimate of drug-likeness (QED) is 0.189. The lowest BCUT2D eigenvalue weighted by Gasteiger charge is -2.18. The number of nitrogens with zero attached hydrogens (tertiary/aromatic N) is 5. The van der Waals surface area contributed by atoms with Crippen LogP contribution in [0.4, 0.5) is 8.78 Å². The van der Waals surface area contributed by atoms with Gasteiger partial charge in [0.1, 0.15) is 29.3 Å². The monoisotopic (exact) mass is 659 g/mol. The molecule has 0 aliphatic carbocycles. The molecular weight excluding hydrogens is 637 g/mol. The van der Waals surface area contributed by atoms with E-state index in [2.05, 4.69) is 63.7 Å². The Morgan fingerprint density at radius 2 is 0.961 bits per heavy atom. The smallest absolute Gasteiger partial charge is 0.123 e. The van der Waals surface area contributed by atoms with Gasteiger partial charge in [0.05, 0.1) is 50.0 Å². The van der Waals surface area contributed by atoms with Gasteiger partial charge in [0.2, 0.25) is 0 Å². The Morgan fingerprint density at radius 3 is 1.55 bits per heavy atom. The standard InChI is InChI=1S/C44H23F2N5/c45-27-15-20-39-34(22-27)35-23-28(46)16-21-40(35)50(39)42-26(24-47)14-19-41(36(42)25-48)51-38-13-7-5-11-31(38)33-18-17-32-30-10-4-6-12-37(30)49(43(32)44(33)51)29-8-2-1-3-9-29/h1-23H. The van der Waals surface area contributed by atoms with Crippen LogP contribution in [-0.4, -0.2) is 13.7 Å². The fourth-order valence-corrected chi connectivity index (χ4v) is 8.00. The number of rotatable bonds is 3. The number of hydrogen-bond acceptors (Lipinski definition) is 2. The van der Waals surface area contributed by atoms with Crippen molar-refractivity contribution in [3.63, 3.8) is 0 Å². The molecule has 0 fully saturated rings. The molecule has 238 valence electrons. The predicted octanol–water partition coefficient (Wildman–Crippen LogP) is 11.0. The summed E-state index contributed by atoms with van der Waals surface area (Å²) in [5.41, 5.74) is 7.37. The molecule has 7 aromatic carbocycles. The van der Waals surface area contributed by atoms with Crippen LogP contribution >= 0.6 is 0 Å². The second kappa shape index (κ2) is 10.6. The second-order valence-corrected chi connectivity index (χ2v) is 12.6. The fourth-order valence-electron chi connectivity index (χ4n) is 8.00. The van der Waals surface area contributed by atoms with Crippen LogP contribution in [0.1, 0.15) is 11.1 Å². The van der Waals surface area contributed by atoms with Crippen LogP contribution in [0.15, 0.2) is 140 Å². The zero-order valence-electron chi connectivity index (χ0n) is 26.8. The van der Waals surface area contributed by atoms with Gasteiger partial charge in [-0.3, -0.25) is 0 Å². The van der Waals surface area contributed by atoms with Crippen molar-refractivity contribution in [2.75, 3.05) is 0 Å². The van der Waals surface area contributed by atoms with E-state index in [0.29, 0.717) is 33.2 Å². The summed E-state index contributed by atoms with van der Waals surface area (Å²) in [5, 5.41) is 26.8. The van der Waals surface area contributed by atoms with E-state index in [9.17, 15) is 19.3 Å². The summed E-state index contributed by atoms with van der Waals surface area (Å²) in [5.74, 6) is -0.938. The van der Waals surface area contributed by atoms with Crippen molar-refractivity contribution < 1.29 is 8.78 Å². The predicted molar refractivity (Wildman–Crippen MR) is 199 cm³/mol. The topological polar surface area (TPSA) is 62.4 Å². The van der Waals surface area contributed by atoms with Crippen molar-refractivity contribution in [3.8, 4) is 29.2 Å². The van der Waals surface area contributed by atoms with Crippen LogP contribution in [0.5, 0.6) is 0 Å². The third kappa shape index (κ3) is 3.92.